The fourth-order valence-electron chi connectivity index (χ4n) is 2.18. The quantitative estimate of drug-likeness (QED) is 0.384. The van der Waals surface area contributed by atoms with Crippen LogP contribution >= 0.6 is 11.6 Å². The lowest BCUT2D eigenvalue weighted by atomic mass is 9.97. The molecule has 0 aliphatic heterocycles. The number of hydrogen-bond acceptors (Lipinski definition) is 4. The van der Waals surface area contributed by atoms with Gasteiger partial charge in [-0.1, -0.05) is 23.3 Å². The van der Waals surface area contributed by atoms with Crippen LogP contribution in [0.25, 0.3) is 0 Å². The fourth-order valence-corrected chi connectivity index (χ4v) is 2.33. The van der Waals surface area contributed by atoms with Gasteiger partial charge in [-0.05, 0) is 38.2 Å². The third kappa shape index (κ3) is 3.92. The normalized spacial score (nSPS) is 14.9. The summed E-state index contributed by atoms with van der Waals surface area (Å²) < 4.78 is 0. The van der Waals surface area contributed by atoms with E-state index in [1.807, 2.05) is 0 Å². The molecule has 1 aliphatic rings. The summed E-state index contributed by atoms with van der Waals surface area (Å²) in [6, 6.07) is 2.80. The fraction of sp³-hybridized carbons (Fsp3) is 0.462. The van der Waals surface area contributed by atoms with Crippen molar-refractivity contribution in [3.8, 4) is 0 Å². The summed E-state index contributed by atoms with van der Waals surface area (Å²) in [5.41, 5.74) is 1.38. The van der Waals surface area contributed by atoms with E-state index in [0.717, 1.165) is 19.3 Å². The van der Waals surface area contributed by atoms with E-state index in [0.29, 0.717) is 6.54 Å². The van der Waals surface area contributed by atoms with E-state index in [1.54, 1.807) is 0 Å². The molecule has 0 unspecified atom stereocenters. The molecule has 0 atom stereocenters. The molecule has 0 amide bonds. The highest BCUT2D eigenvalue weighted by Gasteiger charge is 2.15. The summed E-state index contributed by atoms with van der Waals surface area (Å²) in [7, 11) is 0. The molecule has 19 heavy (non-hydrogen) atoms. The zero-order valence-electron chi connectivity index (χ0n) is 10.6. The Hall–Kier alpha value is -1.62. The highest BCUT2D eigenvalue weighted by molar-refractivity contribution is 6.29. The standard InChI is InChI=1S/C13H16ClN3O2/c14-12-7-6-11(17(18)19)13(16-12)15-9-8-10-4-2-1-3-5-10/h4,6-7H,1-3,5,8-9H2,(H,15,16). The van der Waals surface area contributed by atoms with Crippen molar-refractivity contribution in [2.24, 2.45) is 0 Å². The van der Waals surface area contributed by atoms with Gasteiger partial charge in [0.15, 0.2) is 0 Å². The van der Waals surface area contributed by atoms with Gasteiger partial charge < -0.3 is 5.32 Å². The molecule has 0 aromatic carbocycles. The van der Waals surface area contributed by atoms with Crippen LogP contribution in [-0.2, 0) is 0 Å². The molecule has 102 valence electrons. The second-order valence-corrected chi connectivity index (χ2v) is 4.93. The van der Waals surface area contributed by atoms with Crippen LogP contribution in [0.2, 0.25) is 5.15 Å². The van der Waals surface area contributed by atoms with Crippen LogP contribution in [0.15, 0.2) is 23.8 Å². The molecule has 0 saturated heterocycles. The number of aromatic nitrogens is 1. The minimum atomic E-state index is -0.453. The maximum Gasteiger partial charge on any atom is 0.311 e. The van der Waals surface area contributed by atoms with Crippen molar-refractivity contribution in [1.29, 1.82) is 0 Å². The Bertz CT molecular complexity index is 503. The van der Waals surface area contributed by atoms with E-state index < -0.39 is 4.92 Å². The highest BCUT2D eigenvalue weighted by Crippen LogP contribution is 2.25. The van der Waals surface area contributed by atoms with E-state index in [4.69, 9.17) is 11.6 Å². The summed E-state index contributed by atoms with van der Waals surface area (Å²) in [5.74, 6) is 0.244. The molecule has 0 bridgehead atoms. The largest absolute Gasteiger partial charge is 0.364 e. The second-order valence-electron chi connectivity index (χ2n) is 4.54. The van der Waals surface area contributed by atoms with Crippen LogP contribution in [0.3, 0.4) is 0 Å². The Morgan fingerprint density at radius 1 is 1.42 bits per heavy atom. The first-order valence-corrected chi connectivity index (χ1v) is 6.77. The number of nitrogens with one attached hydrogen (secondary N) is 1. The summed E-state index contributed by atoms with van der Waals surface area (Å²) in [4.78, 5) is 14.4. The lowest BCUT2D eigenvalue weighted by Crippen LogP contribution is -2.08. The van der Waals surface area contributed by atoms with Crippen LogP contribution in [0.4, 0.5) is 11.5 Å². The van der Waals surface area contributed by atoms with E-state index in [2.05, 4.69) is 16.4 Å². The van der Waals surface area contributed by atoms with Crippen molar-refractivity contribution in [1.82, 2.24) is 4.98 Å². The number of pyridine rings is 1. The van der Waals surface area contributed by atoms with E-state index in [-0.39, 0.29) is 16.7 Å². The molecule has 1 aromatic rings. The average molecular weight is 282 g/mol. The van der Waals surface area contributed by atoms with Gasteiger partial charge in [-0.25, -0.2) is 4.98 Å². The molecule has 1 aliphatic carbocycles. The molecular formula is C13H16ClN3O2. The van der Waals surface area contributed by atoms with Crippen LogP contribution in [-0.4, -0.2) is 16.5 Å². The lowest BCUT2D eigenvalue weighted by Gasteiger charge is -2.13. The SMILES string of the molecule is O=[N+]([O-])c1ccc(Cl)nc1NCCC1=CCCCC1. The first-order valence-electron chi connectivity index (χ1n) is 6.39. The maximum atomic E-state index is 10.9. The van der Waals surface area contributed by atoms with Gasteiger partial charge in [-0.15, -0.1) is 0 Å². The van der Waals surface area contributed by atoms with Crippen LogP contribution in [0, 0.1) is 10.1 Å². The van der Waals surface area contributed by atoms with Gasteiger partial charge in [0.1, 0.15) is 5.15 Å². The van der Waals surface area contributed by atoms with Crippen molar-refractivity contribution < 1.29 is 4.92 Å². The average Bonchev–Trinajstić information content (AvgIpc) is 2.39. The third-order valence-electron chi connectivity index (χ3n) is 3.16. The molecule has 1 N–H and O–H groups in total. The first kappa shape index (κ1) is 13.8. The molecule has 1 aromatic heterocycles. The molecule has 0 radical (unpaired) electrons. The zero-order chi connectivity index (χ0) is 13.7. The summed E-state index contributed by atoms with van der Waals surface area (Å²) in [6.45, 7) is 0.639. The zero-order valence-corrected chi connectivity index (χ0v) is 11.3. The summed E-state index contributed by atoms with van der Waals surface area (Å²) in [6.07, 6.45) is 7.94. The van der Waals surface area contributed by atoms with Crippen molar-refractivity contribution in [2.45, 2.75) is 32.1 Å². The first-order chi connectivity index (χ1) is 9.16. The number of halogens is 1. The molecular weight excluding hydrogens is 266 g/mol. The van der Waals surface area contributed by atoms with E-state index in [9.17, 15) is 10.1 Å². The van der Waals surface area contributed by atoms with Gasteiger partial charge in [0, 0.05) is 12.6 Å². The molecule has 0 spiro atoms. The van der Waals surface area contributed by atoms with Crippen LogP contribution in [0.5, 0.6) is 0 Å². The van der Waals surface area contributed by atoms with Gasteiger partial charge in [-0.2, -0.15) is 0 Å². The number of nitrogens with zero attached hydrogens (tertiary/aromatic N) is 2. The topological polar surface area (TPSA) is 68.1 Å². The number of anilines is 1. The second kappa shape index (κ2) is 6.52. The third-order valence-corrected chi connectivity index (χ3v) is 3.37. The van der Waals surface area contributed by atoms with Gasteiger partial charge >= 0.3 is 5.69 Å². The van der Waals surface area contributed by atoms with Gasteiger partial charge in [0.25, 0.3) is 0 Å². The summed E-state index contributed by atoms with van der Waals surface area (Å²) in [5, 5.41) is 14.1. The molecule has 0 saturated carbocycles. The van der Waals surface area contributed by atoms with E-state index >= 15 is 0 Å². The van der Waals surface area contributed by atoms with Gasteiger partial charge in [-0.3, -0.25) is 10.1 Å². The highest BCUT2D eigenvalue weighted by atomic mass is 35.5. The smallest absolute Gasteiger partial charge is 0.311 e. The monoisotopic (exact) mass is 281 g/mol. The molecule has 2 rings (SSSR count). The Kier molecular flexibility index (Phi) is 4.74. The number of nitro groups is 1. The Morgan fingerprint density at radius 3 is 2.95 bits per heavy atom. The van der Waals surface area contributed by atoms with Crippen LogP contribution in [0.1, 0.15) is 32.1 Å². The lowest BCUT2D eigenvalue weighted by molar-refractivity contribution is -0.384. The molecule has 6 heteroatoms. The molecule has 1 heterocycles. The van der Waals surface area contributed by atoms with Gasteiger partial charge in [0.2, 0.25) is 5.82 Å². The number of hydrogen-bond donors (Lipinski definition) is 1. The Balaban J connectivity index is 1.96. The van der Waals surface area contributed by atoms with Crippen LogP contribution < -0.4 is 5.32 Å². The molecule has 0 fully saturated rings. The molecule has 5 nitrogen and oxygen atoms in total. The van der Waals surface area contributed by atoms with E-state index in [1.165, 1.54) is 30.5 Å². The Labute approximate surface area is 116 Å². The minimum absolute atomic E-state index is 0.0398. The van der Waals surface area contributed by atoms with Crippen molar-refractivity contribution in [3.05, 3.63) is 39.0 Å². The van der Waals surface area contributed by atoms with Crippen molar-refractivity contribution in [3.63, 3.8) is 0 Å². The summed E-state index contributed by atoms with van der Waals surface area (Å²) >= 11 is 5.76. The minimum Gasteiger partial charge on any atom is -0.364 e. The number of allylic oxidation sites excluding steroid dienone is 1. The van der Waals surface area contributed by atoms with Crippen molar-refractivity contribution >= 4 is 23.1 Å². The predicted octanol–water partition coefficient (Wildman–Crippen LogP) is 3.95. The van der Waals surface area contributed by atoms with Crippen molar-refractivity contribution in [2.75, 3.05) is 11.9 Å². The number of rotatable bonds is 5. The Morgan fingerprint density at radius 2 is 2.26 bits per heavy atom. The maximum absolute atomic E-state index is 10.9. The predicted molar refractivity (Wildman–Crippen MR) is 75.6 cm³/mol. The van der Waals surface area contributed by atoms with Gasteiger partial charge in [0.05, 0.1) is 4.92 Å².